The molecule has 1 aromatic heterocycles. The van der Waals surface area contributed by atoms with Crippen LogP contribution < -0.4 is 9.80 Å². The number of sulfonamides is 1. The molecule has 4 heterocycles. The van der Waals surface area contributed by atoms with Crippen molar-refractivity contribution in [3.8, 4) is 0 Å². The van der Waals surface area contributed by atoms with Crippen LogP contribution in [0.15, 0.2) is 6.07 Å². The summed E-state index contributed by atoms with van der Waals surface area (Å²) in [6.07, 6.45) is -2.27. The molecule has 3 saturated heterocycles. The van der Waals surface area contributed by atoms with Crippen molar-refractivity contribution in [3.63, 3.8) is 0 Å². The molecule has 0 saturated carbocycles. The smallest absolute Gasteiger partial charge is 0.374 e. The Balaban J connectivity index is 1.55. The van der Waals surface area contributed by atoms with Crippen LogP contribution in [0.2, 0.25) is 0 Å². The maximum atomic E-state index is 13.5. The molecule has 9 nitrogen and oxygen atoms in total. The van der Waals surface area contributed by atoms with Crippen molar-refractivity contribution in [2.45, 2.75) is 37.3 Å². The number of hydrogen-bond donors (Lipinski definition) is 0. The lowest BCUT2D eigenvalue weighted by Crippen LogP contribution is -2.49. The van der Waals surface area contributed by atoms with Crippen LogP contribution in [0.3, 0.4) is 0 Å². The molecule has 3 aliphatic rings. The van der Waals surface area contributed by atoms with Crippen LogP contribution in [0.25, 0.3) is 0 Å². The number of aromatic nitrogens is 2. The molecule has 13 heteroatoms. The standard InChI is InChI=1S/C18H26F3N5O4S/c1-24(8-14-11-26(5-6-29-14)31(2,27)28)15-7-16(23-17(22-15)18(19,20)21)25-9-12-3-4-13(10-25)30-12/h7,12-14H,3-6,8-11H2,1-2H3. The van der Waals surface area contributed by atoms with Gasteiger partial charge in [0.05, 0.1) is 31.2 Å². The Bertz CT molecular complexity index is 904. The van der Waals surface area contributed by atoms with Crippen molar-refractivity contribution < 1.29 is 31.1 Å². The van der Waals surface area contributed by atoms with Gasteiger partial charge in [-0.3, -0.25) is 0 Å². The Morgan fingerprint density at radius 2 is 1.87 bits per heavy atom. The van der Waals surface area contributed by atoms with Gasteiger partial charge in [0.1, 0.15) is 11.6 Å². The van der Waals surface area contributed by atoms with Gasteiger partial charge in [0.25, 0.3) is 0 Å². The second kappa shape index (κ2) is 8.34. The summed E-state index contributed by atoms with van der Waals surface area (Å²) in [7, 11) is -1.76. The molecule has 3 unspecified atom stereocenters. The highest BCUT2D eigenvalue weighted by Crippen LogP contribution is 2.33. The zero-order chi connectivity index (χ0) is 22.4. The minimum atomic E-state index is -4.69. The molecule has 0 amide bonds. The molecule has 31 heavy (non-hydrogen) atoms. The van der Waals surface area contributed by atoms with Gasteiger partial charge in [-0.2, -0.15) is 17.5 Å². The first-order chi connectivity index (χ1) is 14.5. The minimum Gasteiger partial charge on any atom is -0.374 e. The fraction of sp³-hybridized carbons (Fsp3) is 0.778. The monoisotopic (exact) mass is 465 g/mol. The van der Waals surface area contributed by atoms with Gasteiger partial charge in [-0.25, -0.2) is 18.4 Å². The molecule has 2 bridgehead atoms. The fourth-order valence-corrected chi connectivity index (χ4v) is 5.05. The molecule has 0 aromatic carbocycles. The first-order valence-corrected chi connectivity index (χ1v) is 12.0. The van der Waals surface area contributed by atoms with E-state index in [9.17, 15) is 21.6 Å². The summed E-state index contributed by atoms with van der Waals surface area (Å²) in [5, 5.41) is 0. The summed E-state index contributed by atoms with van der Waals surface area (Å²) >= 11 is 0. The Morgan fingerprint density at radius 3 is 2.48 bits per heavy atom. The van der Waals surface area contributed by atoms with Gasteiger partial charge in [0, 0.05) is 45.8 Å². The van der Waals surface area contributed by atoms with Crippen LogP contribution in [-0.2, 0) is 25.7 Å². The molecule has 0 radical (unpaired) electrons. The van der Waals surface area contributed by atoms with Crippen LogP contribution >= 0.6 is 0 Å². The van der Waals surface area contributed by atoms with E-state index in [-0.39, 0.29) is 50.1 Å². The zero-order valence-electron chi connectivity index (χ0n) is 17.4. The van der Waals surface area contributed by atoms with E-state index >= 15 is 0 Å². The molecule has 3 aliphatic heterocycles. The van der Waals surface area contributed by atoms with E-state index in [1.54, 1.807) is 11.9 Å². The average Bonchev–Trinajstić information content (AvgIpc) is 3.04. The normalized spacial score (nSPS) is 27.5. The molecule has 3 fully saturated rings. The van der Waals surface area contributed by atoms with Crippen LogP contribution in [0, 0.1) is 0 Å². The zero-order valence-corrected chi connectivity index (χ0v) is 18.2. The summed E-state index contributed by atoms with van der Waals surface area (Å²) in [4.78, 5) is 10.9. The molecule has 0 aliphatic carbocycles. The number of rotatable bonds is 5. The third-order valence-electron chi connectivity index (χ3n) is 5.76. The molecular weight excluding hydrogens is 439 g/mol. The number of fused-ring (bicyclic) bond motifs is 2. The van der Waals surface area contributed by atoms with E-state index in [0.29, 0.717) is 13.1 Å². The lowest BCUT2D eigenvalue weighted by atomic mass is 10.2. The Labute approximate surface area is 179 Å². The Morgan fingerprint density at radius 1 is 1.19 bits per heavy atom. The molecule has 4 rings (SSSR count). The lowest BCUT2D eigenvalue weighted by molar-refractivity contribution is -0.144. The summed E-state index contributed by atoms with van der Waals surface area (Å²) in [6.45, 7) is 1.79. The summed E-state index contributed by atoms with van der Waals surface area (Å²) in [6, 6.07) is 1.54. The van der Waals surface area contributed by atoms with Crippen LogP contribution in [0.5, 0.6) is 0 Å². The van der Waals surface area contributed by atoms with E-state index in [0.717, 1.165) is 19.1 Å². The van der Waals surface area contributed by atoms with Crippen LogP contribution in [0.1, 0.15) is 18.7 Å². The number of anilines is 2. The highest BCUT2D eigenvalue weighted by atomic mass is 32.2. The van der Waals surface area contributed by atoms with Gasteiger partial charge in [0.15, 0.2) is 0 Å². The first kappa shape index (κ1) is 22.5. The number of alkyl halides is 3. The molecule has 0 spiro atoms. The van der Waals surface area contributed by atoms with Crippen molar-refractivity contribution in [2.75, 3.05) is 62.4 Å². The summed E-state index contributed by atoms with van der Waals surface area (Å²) < 4.78 is 76.9. The molecule has 0 N–H and O–H groups in total. The Kier molecular flexibility index (Phi) is 6.05. The largest absolute Gasteiger partial charge is 0.451 e. The Hall–Kier alpha value is -1.70. The molecule has 3 atom stereocenters. The number of nitrogens with zero attached hydrogens (tertiary/aromatic N) is 5. The van der Waals surface area contributed by atoms with E-state index in [4.69, 9.17) is 9.47 Å². The predicted octanol–water partition coefficient (Wildman–Crippen LogP) is 0.960. The third kappa shape index (κ3) is 5.21. The third-order valence-corrected chi connectivity index (χ3v) is 7.03. The number of ether oxygens (including phenoxy) is 2. The van der Waals surface area contributed by atoms with E-state index < -0.39 is 28.1 Å². The quantitative estimate of drug-likeness (QED) is 0.636. The van der Waals surface area contributed by atoms with Gasteiger partial charge >= 0.3 is 6.18 Å². The van der Waals surface area contributed by atoms with Gasteiger partial charge in [-0.1, -0.05) is 0 Å². The summed E-state index contributed by atoms with van der Waals surface area (Å²) in [5.41, 5.74) is 0. The van der Waals surface area contributed by atoms with Crippen molar-refractivity contribution >= 4 is 21.7 Å². The maximum Gasteiger partial charge on any atom is 0.451 e. The summed E-state index contributed by atoms with van der Waals surface area (Å²) in [5.74, 6) is -0.879. The fourth-order valence-electron chi connectivity index (χ4n) is 4.21. The van der Waals surface area contributed by atoms with Gasteiger partial charge < -0.3 is 19.3 Å². The number of hydrogen-bond acceptors (Lipinski definition) is 8. The second-order valence-electron chi connectivity index (χ2n) is 8.26. The number of likely N-dealkylation sites (N-methyl/N-ethyl adjacent to an activating group) is 1. The van der Waals surface area contributed by atoms with E-state index in [2.05, 4.69) is 9.97 Å². The highest BCUT2D eigenvalue weighted by Gasteiger charge is 2.39. The van der Waals surface area contributed by atoms with Crippen molar-refractivity contribution in [1.82, 2.24) is 14.3 Å². The van der Waals surface area contributed by atoms with E-state index in [1.165, 1.54) is 10.4 Å². The van der Waals surface area contributed by atoms with Crippen molar-refractivity contribution in [2.24, 2.45) is 0 Å². The van der Waals surface area contributed by atoms with Crippen LogP contribution in [-0.4, -0.2) is 93.6 Å². The minimum absolute atomic E-state index is 0.00171. The predicted molar refractivity (Wildman–Crippen MR) is 107 cm³/mol. The number of morpholine rings is 2. The number of halogens is 3. The second-order valence-corrected chi connectivity index (χ2v) is 10.2. The van der Waals surface area contributed by atoms with Crippen LogP contribution in [0.4, 0.5) is 24.8 Å². The van der Waals surface area contributed by atoms with Crippen molar-refractivity contribution in [1.29, 1.82) is 0 Å². The SMILES string of the molecule is CN(CC1CN(S(C)(=O)=O)CCO1)c1cc(N2CC3CCC(C2)O3)nc(C(F)(F)F)n1. The molecule has 174 valence electrons. The van der Waals surface area contributed by atoms with Gasteiger partial charge in [-0.15, -0.1) is 0 Å². The molecule has 1 aromatic rings. The lowest BCUT2D eigenvalue weighted by Gasteiger charge is -2.35. The highest BCUT2D eigenvalue weighted by molar-refractivity contribution is 7.88. The molecular formula is C18H26F3N5O4S. The van der Waals surface area contributed by atoms with Gasteiger partial charge in [-0.05, 0) is 12.8 Å². The first-order valence-electron chi connectivity index (χ1n) is 10.1. The maximum absolute atomic E-state index is 13.5. The average molecular weight is 465 g/mol. The van der Waals surface area contributed by atoms with E-state index in [1.807, 2.05) is 4.90 Å². The van der Waals surface area contributed by atoms with Gasteiger partial charge in [0.2, 0.25) is 15.8 Å². The van der Waals surface area contributed by atoms with Crippen molar-refractivity contribution in [3.05, 3.63) is 11.9 Å². The topological polar surface area (TPSA) is 88.1 Å².